The molecule has 1 fully saturated rings. The van der Waals surface area contributed by atoms with Gasteiger partial charge in [-0.1, -0.05) is 51.1 Å². The second-order valence-corrected chi connectivity index (χ2v) is 7.26. The first-order valence-electron chi connectivity index (χ1n) is 8.48. The van der Waals surface area contributed by atoms with E-state index >= 15 is 0 Å². The summed E-state index contributed by atoms with van der Waals surface area (Å²) in [5, 5.41) is 3.08. The van der Waals surface area contributed by atoms with E-state index in [0.717, 1.165) is 30.0 Å². The van der Waals surface area contributed by atoms with E-state index in [1.54, 1.807) is 6.20 Å². The summed E-state index contributed by atoms with van der Waals surface area (Å²) in [6.45, 7) is 9.87. The van der Waals surface area contributed by atoms with Crippen LogP contribution in [0.3, 0.4) is 0 Å². The first-order valence-corrected chi connectivity index (χ1v) is 8.48. The summed E-state index contributed by atoms with van der Waals surface area (Å²) in [5.74, 6) is 0.270. The minimum atomic E-state index is -0.0404. The van der Waals surface area contributed by atoms with Crippen molar-refractivity contribution in [2.24, 2.45) is 0 Å². The molecule has 1 saturated heterocycles. The van der Waals surface area contributed by atoms with Gasteiger partial charge in [0.2, 0.25) is 0 Å². The summed E-state index contributed by atoms with van der Waals surface area (Å²) >= 11 is 0. The maximum absolute atomic E-state index is 12.6. The molecule has 0 spiro atoms. The van der Waals surface area contributed by atoms with Crippen LogP contribution in [-0.4, -0.2) is 29.0 Å². The fourth-order valence-electron chi connectivity index (χ4n) is 3.33. The molecule has 1 aromatic heterocycles. The molecule has 0 saturated carbocycles. The van der Waals surface area contributed by atoms with Crippen molar-refractivity contribution in [1.29, 1.82) is 0 Å². The fourth-order valence-corrected chi connectivity index (χ4v) is 3.33. The second-order valence-electron chi connectivity index (χ2n) is 7.26. The lowest BCUT2D eigenvalue weighted by atomic mass is 9.76. The van der Waals surface area contributed by atoms with Gasteiger partial charge in [0.05, 0.1) is 11.4 Å². The summed E-state index contributed by atoms with van der Waals surface area (Å²) in [6, 6.07) is 12.3. The summed E-state index contributed by atoms with van der Waals surface area (Å²) in [5.41, 5.74) is 4.17. The third-order valence-corrected chi connectivity index (χ3v) is 4.81. The molecular weight excluding hydrogens is 298 g/mol. The molecule has 1 aromatic carbocycles. The van der Waals surface area contributed by atoms with Crippen LogP contribution in [0.2, 0.25) is 0 Å². The van der Waals surface area contributed by atoms with Gasteiger partial charge in [-0.3, -0.25) is 4.98 Å². The first kappa shape index (κ1) is 16.5. The van der Waals surface area contributed by atoms with Crippen molar-refractivity contribution < 1.29 is 4.79 Å². The average molecular weight is 323 g/mol. The number of hydrogen-bond donors (Lipinski definition) is 1. The largest absolute Gasteiger partial charge is 0.323 e. The van der Waals surface area contributed by atoms with Gasteiger partial charge in [-0.25, -0.2) is 4.79 Å². The van der Waals surface area contributed by atoms with Crippen LogP contribution < -0.4 is 5.32 Å². The molecule has 126 valence electrons. The number of benzene rings is 1. The van der Waals surface area contributed by atoms with Gasteiger partial charge in [0, 0.05) is 24.7 Å². The number of urea groups is 1. The smallest absolute Gasteiger partial charge is 0.321 e. The number of aryl methyl sites for hydroxylation is 1. The maximum Gasteiger partial charge on any atom is 0.321 e. The zero-order valence-corrected chi connectivity index (χ0v) is 14.8. The Kier molecular flexibility index (Phi) is 4.31. The summed E-state index contributed by atoms with van der Waals surface area (Å²) in [7, 11) is 0. The van der Waals surface area contributed by atoms with Crippen molar-refractivity contribution in [2.75, 3.05) is 18.4 Å². The Morgan fingerprint density at radius 2 is 1.88 bits per heavy atom. The number of pyridine rings is 1. The van der Waals surface area contributed by atoms with Gasteiger partial charge >= 0.3 is 6.03 Å². The van der Waals surface area contributed by atoms with Crippen molar-refractivity contribution in [2.45, 2.75) is 39.0 Å². The van der Waals surface area contributed by atoms with Crippen LogP contribution in [0.5, 0.6) is 0 Å². The van der Waals surface area contributed by atoms with Crippen LogP contribution in [0.15, 0.2) is 42.6 Å². The Morgan fingerprint density at radius 1 is 1.21 bits per heavy atom. The van der Waals surface area contributed by atoms with Crippen LogP contribution in [0.1, 0.15) is 43.5 Å². The number of nitrogens with one attached hydrogen (secondary N) is 1. The molecule has 1 aliphatic heterocycles. The van der Waals surface area contributed by atoms with E-state index in [0.29, 0.717) is 0 Å². The number of nitrogens with zero attached hydrogens (tertiary/aromatic N) is 2. The van der Waals surface area contributed by atoms with Gasteiger partial charge in [0.1, 0.15) is 0 Å². The van der Waals surface area contributed by atoms with Gasteiger partial charge in [0.15, 0.2) is 0 Å². The summed E-state index contributed by atoms with van der Waals surface area (Å²) in [6.07, 6.45) is 1.80. The van der Waals surface area contributed by atoms with Gasteiger partial charge in [-0.2, -0.15) is 0 Å². The molecule has 24 heavy (non-hydrogen) atoms. The molecule has 2 amide bonds. The zero-order chi connectivity index (χ0) is 17.3. The molecule has 0 atom stereocenters. The second kappa shape index (κ2) is 6.27. The highest BCUT2D eigenvalue weighted by atomic mass is 16.2. The van der Waals surface area contributed by atoms with Crippen LogP contribution in [0.25, 0.3) is 0 Å². The Morgan fingerprint density at radius 3 is 2.50 bits per heavy atom. The Hall–Kier alpha value is -2.36. The minimum Gasteiger partial charge on any atom is -0.323 e. The van der Waals surface area contributed by atoms with Gasteiger partial charge in [-0.15, -0.1) is 0 Å². The molecule has 3 rings (SSSR count). The molecule has 0 unspecified atom stereocenters. The van der Waals surface area contributed by atoms with E-state index in [-0.39, 0.29) is 17.4 Å². The molecule has 1 aliphatic rings. The van der Waals surface area contributed by atoms with E-state index in [9.17, 15) is 4.79 Å². The lowest BCUT2D eigenvalue weighted by Crippen LogP contribution is -2.60. The molecular formula is C20H25N3O. The van der Waals surface area contributed by atoms with Crippen molar-refractivity contribution in [1.82, 2.24) is 9.88 Å². The van der Waals surface area contributed by atoms with Crippen molar-refractivity contribution >= 4 is 11.7 Å². The Bertz CT molecular complexity index is 734. The molecule has 0 aliphatic carbocycles. The van der Waals surface area contributed by atoms with E-state index in [4.69, 9.17) is 0 Å². The average Bonchev–Trinajstić information content (AvgIpc) is 2.54. The van der Waals surface area contributed by atoms with Gasteiger partial charge < -0.3 is 10.2 Å². The number of anilines is 1. The number of amides is 2. The van der Waals surface area contributed by atoms with Crippen molar-refractivity contribution in [3.05, 3.63) is 59.4 Å². The van der Waals surface area contributed by atoms with E-state index in [1.165, 1.54) is 5.56 Å². The first-order chi connectivity index (χ1) is 11.4. The highest BCUT2D eigenvalue weighted by molar-refractivity contribution is 5.91. The highest BCUT2D eigenvalue weighted by Crippen LogP contribution is 2.35. The highest BCUT2D eigenvalue weighted by Gasteiger charge is 2.42. The monoisotopic (exact) mass is 323 g/mol. The molecule has 2 heterocycles. The van der Waals surface area contributed by atoms with E-state index in [2.05, 4.69) is 55.3 Å². The molecule has 1 N–H and O–H groups in total. The van der Waals surface area contributed by atoms with Crippen LogP contribution in [-0.2, 0) is 5.41 Å². The molecule has 2 aromatic rings. The predicted molar refractivity (Wildman–Crippen MR) is 97.4 cm³/mol. The number of rotatable bonds is 3. The van der Waals surface area contributed by atoms with E-state index < -0.39 is 0 Å². The maximum atomic E-state index is 12.6. The SMILES string of the molecule is Cc1ccnc(C(C)C)c1NC(=O)N1CC(C)(c2ccccc2)C1. The zero-order valence-electron chi connectivity index (χ0n) is 14.8. The molecule has 4 nitrogen and oxygen atoms in total. The number of carbonyl (C=O) groups excluding carboxylic acids is 1. The van der Waals surface area contributed by atoms with Gasteiger partial charge in [0.25, 0.3) is 0 Å². The Balaban J connectivity index is 1.70. The third kappa shape index (κ3) is 3.01. The lowest BCUT2D eigenvalue weighted by molar-refractivity contribution is 0.112. The summed E-state index contributed by atoms with van der Waals surface area (Å²) < 4.78 is 0. The van der Waals surface area contributed by atoms with E-state index in [1.807, 2.05) is 24.0 Å². The summed E-state index contributed by atoms with van der Waals surface area (Å²) in [4.78, 5) is 18.9. The third-order valence-electron chi connectivity index (χ3n) is 4.81. The predicted octanol–water partition coefficient (Wildman–Crippen LogP) is 4.32. The van der Waals surface area contributed by atoms with Crippen LogP contribution in [0.4, 0.5) is 10.5 Å². The topological polar surface area (TPSA) is 45.2 Å². The number of hydrogen-bond acceptors (Lipinski definition) is 2. The number of aromatic nitrogens is 1. The van der Waals surface area contributed by atoms with Crippen molar-refractivity contribution in [3.8, 4) is 0 Å². The molecule has 0 radical (unpaired) electrons. The lowest BCUT2D eigenvalue weighted by Gasteiger charge is -2.48. The van der Waals surface area contributed by atoms with Crippen LogP contribution in [0, 0.1) is 6.92 Å². The minimum absolute atomic E-state index is 0.0404. The fraction of sp³-hybridized carbons (Fsp3) is 0.400. The van der Waals surface area contributed by atoms with Crippen LogP contribution >= 0.6 is 0 Å². The quantitative estimate of drug-likeness (QED) is 0.914. The van der Waals surface area contributed by atoms with Gasteiger partial charge in [-0.05, 0) is 30.0 Å². The molecule has 0 bridgehead atoms. The normalized spacial score (nSPS) is 16.0. The Labute approximate surface area is 143 Å². The standard InChI is InChI=1S/C20H25N3O/c1-14(2)17-18(15(3)10-11-21-17)22-19(24)23-12-20(4,13-23)16-8-6-5-7-9-16/h5-11,14H,12-13H2,1-4H3,(H,22,24). The number of likely N-dealkylation sites (tertiary alicyclic amines) is 1. The van der Waals surface area contributed by atoms with Crippen molar-refractivity contribution in [3.63, 3.8) is 0 Å². The number of carbonyl (C=O) groups is 1. The molecule has 4 heteroatoms.